The molecule has 0 aliphatic rings. The van der Waals surface area contributed by atoms with Gasteiger partial charge < -0.3 is 15.1 Å². The summed E-state index contributed by atoms with van der Waals surface area (Å²) in [4.78, 5) is 27.9. The Morgan fingerprint density at radius 2 is 1.72 bits per heavy atom. The molecule has 2 aromatic carbocycles. The van der Waals surface area contributed by atoms with Crippen LogP contribution in [0.4, 0.5) is 5.69 Å². The molecule has 0 aliphatic carbocycles. The van der Waals surface area contributed by atoms with Gasteiger partial charge in [0.2, 0.25) is 0 Å². The van der Waals surface area contributed by atoms with Gasteiger partial charge in [-0.2, -0.15) is 0 Å². The number of benzene rings is 2. The fourth-order valence-electron chi connectivity index (χ4n) is 3.10. The van der Waals surface area contributed by atoms with E-state index in [1.54, 1.807) is 24.3 Å². The van der Waals surface area contributed by atoms with E-state index in [9.17, 15) is 20.0 Å². The quantitative estimate of drug-likeness (QED) is 0.388. The third-order valence-corrected chi connectivity index (χ3v) is 4.36. The molecule has 4 aromatic rings. The highest BCUT2D eigenvalue weighted by Crippen LogP contribution is 2.28. The minimum absolute atomic E-state index is 0.0408. The lowest BCUT2D eigenvalue weighted by molar-refractivity contribution is -0.384. The van der Waals surface area contributed by atoms with Crippen molar-refractivity contribution in [3.63, 3.8) is 0 Å². The van der Waals surface area contributed by atoms with Crippen molar-refractivity contribution in [2.75, 3.05) is 0 Å². The van der Waals surface area contributed by atoms with Crippen LogP contribution in [0.5, 0.6) is 0 Å². The van der Waals surface area contributed by atoms with E-state index in [1.807, 2.05) is 12.4 Å². The first-order valence-electron chi connectivity index (χ1n) is 7.60. The monoisotopic (exact) mass is 335 g/mol. The summed E-state index contributed by atoms with van der Waals surface area (Å²) in [5.74, 6) is -0.964. The van der Waals surface area contributed by atoms with Gasteiger partial charge in [0, 0.05) is 47.2 Å². The summed E-state index contributed by atoms with van der Waals surface area (Å²) in [6.45, 7) is 0. The zero-order valence-electron chi connectivity index (χ0n) is 12.9. The van der Waals surface area contributed by atoms with Gasteiger partial charge in [0.1, 0.15) is 0 Å². The maximum atomic E-state index is 11.2. The van der Waals surface area contributed by atoms with Crippen molar-refractivity contribution in [3.05, 3.63) is 75.6 Å². The number of aromatic nitrogens is 2. The summed E-state index contributed by atoms with van der Waals surface area (Å²) in [7, 11) is 0. The highest BCUT2D eigenvalue weighted by Gasteiger charge is 2.13. The number of aromatic amines is 2. The number of nitrogens with one attached hydrogen (secondary N) is 2. The smallest absolute Gasteiger partial charge is 0.335 e. The highest BCUT2D eigenvalue weighted by molar-refractivity contribution is 5.95. The maximum absolute atomic E-state index is 11.2. The molecule has 0 saturated heterocycles. The van der Waals surface area contributed by atoms with Crippen LogP contribution in [0.1, 0.15) is 21.5 Å². The Kier molecular flexibility index (Phi) is 3.28. The largest absolute Gasteiger partial charge is 0.478 e. The molecule has 4 rings (SSSR count). The number of non-ortho nitro benzene ring substituents is 1. The predicted octanol–water partition coefficient (Wildman–Crippen LogP) is 3.85. The summed E-state index contributed by atoms with van der Waals surface area (Å²) in [6.07, 6.45) is 4.27. The average molecular weight is 335 g/mol. The third kappa shape index (κ3) is 2.51. The number of rotatable bonds is 4. The molecule has 0 radical (unpaired) electrons. The highest BCUT2D eigenvalue weighted by atomic mass is 16.6. The van der Waals surface area contributed by atoms with Gasteiger partial charge in [0.05, 0.1) is 16.0 Å². The van der Waals surface area contributed by atoms with Crippen LogP contribution in [0, 0.1) is 10.1 Å². The molecule has 2 heterocycles. The lowest BCUT2D eigenvalue weighted by Gasteiger charge is -2.01. The zero-order chi connectivity index (χ0) is 17.6. The molecule has 2 aromatic heterocycles. The van der Waals surface area contributed by atoms with Crippen LogP contribution in [-0.2, 0) is 6.42 Å². The van der Waals surface area contributed by atoms with Gasteiger partial charge in [-0.1, -0.05) is 0 Å². The van der Waals surface area contributed by atoms with Gasteiger partial charge in [0.15, 0.2) is 0 Å². The number of hydrogen-bond donors (Lipinski definition) is 3. The van der Waals surface area contributed by atoms with Crippen LogP contribution >= 0.6 is 0 Å². The summed E-state index contributed by atoms with van der Waals surface area (Å²) in [5.41, 5.74) is 3.82. The van der Waals surface area contributed by atoms with Crippen LogP contribution in [0.15, 0.2) is 48.8 Å². The van der Waals surface area contributed by atoms with Crippen LogP contribution in [0.25, 0.3) is 21.8 Å². The van der Waals surface area contributed by atoms with E-state index in [4.69, 9.17) is 0 Å². The number of carbonyl (C=O) groups is 1. The van der Waals surface area contributed by atoms with Gasteiger partial charge in [0.25, 0.3) is 5.69 Å². The van der Waals surface area contributed by atoms with Crippen molar-refractivity contribution in [2.24, 2.45) is 0 Å². The molecule has 0 amide bonds. The molecule has 124 valence electrons. The van der Waals surface area contributed by atoms with Gasteiger partial charge in [-0.3, -0.25) is 10.1 Å². The Bertz CT molecular complexity index is 1140. The fourth-order valence-corrected chi connectivity index (χ4v) is 3.10. The Balaban J connectivity index is 1.76. The van der Waals surface area contributed by atoms with E-state index in [0.717, 1.165) is 27.4 Å². The summed E-state index contributed by atoms with van der Waals surface area (Å²) < 4.78 is 0. The van der Waals surface area contributed by atoms with Crippen molar-refractivity contribution in [1.82, 2.24) is 9.97 Å². The fraction of sp³-hybridized carbons (Fsp3) is 0.0556. The number of carboxylic acid groups (broad SMARTS) is 1. The topological polar surface area (TPSA) is 112 Å². The number of H-pyrrole nitrogens is 2. The number of nitro groups is 1. The number of nitrogens with zero attached hydrogens (tertiary/aromatic N) is 1. The van der Waals surface area contributed by atoms with Crippen LogP contribution < -0.4 is 0 Å². The van der Waals surface area contributed by atoms with E-state index in [0.29, 0.717) is 11.9 Å². The SMILES string of the molecule is O=C(O)c1ccc2[nH]cc(Cc3c[nH]c4cc([N+](=O)[O-])ccc34)c2c1. The molecule has 25 heavy (non-hydrogen) atoms. The molecule has 0 fully saturated rings. The molecule has 7 heteroatoms. The van der Waals surface area contributed by atoms with Crippen molar-refractivity contribution < 1.29 is 14.8 Å². The van der Waals surface area contributed by atoms with E-state index in [-0.39, 0.29) is 11.3 Å². The Hall–Kier alpha value is -3.61. The molecule has 0 bridgehead atoms. The second kappa shape index (κ2) is 5.48. The Labute approximate surface area is 141 Å². The van der Waals surface area contributed by atoms with Crippen LogP contribution in [0.2, 0.25) is 0 Å². The van der Waals surface area contributed by atoms with Gasteiger partial charge in [-0.15, -0.1) is 0 Å². The van der Waals surface area contributed by atoms with Crippen molar-refractivity contribution in [1.29, 1.82) is 0 Å². The molecule has 0 unspecified atom stereocenters. The number of fused-ring (bicyclic) bond motifs is 2. The molecule has 0 aliphatic heterocycles. The molecule has 3 N–H and O–H groups in total. The molecular weight excluding hydrogens is 322 g/mol. The first-order chi connectivity index (χ1) is 12.0. The second-order valence-corrected chi connectivity index (χ2v) is 5.86. The number of carboxylic acids is 1. The van der Waals surface area contributed by atoms with Gasteiger partial charge in [-0.25, -0.2) is 4.79 Å². The normalized spacial score (nSPS) is 11.2. The van der Waals surface area contributed by atoms with Gasteiger partial charge >= 0.3 is 5.97 Å². The Morgan fingerprint density at radius 3 is 2.44 bits per heavy atom. The second-order valence-electron chi connectivity index (χ2n) is 5.86. The molecule has 0 saturated carbocycles. The third-order valence-electron chi connectivity index (χ3n) is 4.36. The average Bonchev–Trinajstić information content (AvgIpc) is 3.19. The maximum Gasteiger partial charge on any atom is 0.335 e. The standard InChI is InChI=1S/C18H13N3O4/c22-18(23)10-1-4-16-15(6-10)12(9-19-16)5-11-8-20-17-7-13(21(24)25)2-3-14(11)17/h1-4,6-9,19-20H,5H2,(H,22,23). The van der Waals surface area contributed by atoms with E-state index in [2.05, 4.69) is 9.97 Å². The molecule has 7 nitrogen and oxygen atoms in total. The number of hydrogen-bond acceptors (Lipinski definition) is 3. The summed E-state index contributed by atoms with van der Waals surface area (Å²) in [5, 5.41) is 21.8. The minimum atomic E-state index is -0.964. The first-order valence-corrected chi connectivity index (χ1v) is 7.60. The molecular formula is C18H13N3O4. The predicted molar refractivity (Wildman–Crippen MR) is 93.0 cm³/mol. The van der Waals surface area contributed by atoms with Crippen molar-refractivity contribution >= 4 is 33.5 Å². The van der Waals surface area contributed by atoms with E-state index >= 15 is 0 Å². The van der Waals surface area contributed by atoms with E-state index in [1.165, 1.54) is 12.1 Å². The lowest BCUT2D eigenvalue weighted by Crippen LogP contribution is -1.95. The van der Waals surface area contributed by atoms with Crippen LogP contribution in [0.3, 0.4) is 0 Å². The van der Waals surface area contributed by atoms with Crippen LogP contribution in [-0.4, -0.2) is 26.0 Å². The van der Waals surface area contributed by atoms with Crippen molar-refractivity contribution in [3.8, 4) is 0 Å². The summed E-state index contributed by atoms with van der Waals surface area (Å²) in [6, 6.07) is 9.70. The zero-order valence-corrected chi connectivity index (χ0v) is 12.9. The Morgan fingerprint density at radius 1 is 1.00 bits per heavy atom. The van der Waals surface area contributed by atoms with E-state index < -0.39 is 10.9 Å². The molecule has 0 spiro atoms. The van der Waals surface area contributed by atoms with Gasteiger partial charge in [-0.05, 0) is 35.4 Å². The van der Waals surface area contributed by atoms with Crippen molar-refractivity contribution in [2.45, 2.75) is 6.42 Å². The molecule has 0 atom stereocenters. The lowest BCUT2D eigenvalue weighted by atomic mass is 10.0. The number of nitro benzene ring substituents is 1. The minimum Gasteiger partial charge on any atom is -0.478 e. The number of aromatic carboxylic acids is 1. The summed E-state index contributed by atoms with van der Waals surface area (Å²) >= 11 is 0. The first kappa shape index (κ1) is 14.9.